The maximum absolute atomic E-state index is 12.8. The second-order valence-electron chi connectivity index (χ2n) is 7.11. The molecule has 0 bridgehead atoms. The molecule has 5 aromatic rings. The molecule has 0 aliphatic carbocycles. The number of nitrogens with zero attached hydrogens (tertiary/aromatic N) is 2. The molecule has 5 rings (SSSR count). The summed E-state index contributed by atoms with van der Waals surface area (Å²) >= 11 is 8.80. The summed E-state index contributed by atoms with van der Waals surface area (Å²) in [4.78, 5) is 22.0. The van der Waals surface area contributed by atoms with Gasteiger partial charge in [0.25, 0.3) is 15.9 Å². The molecule has 2 aromatic heterocycles. The van der Waals surface area contributed by atoms with Crippen molar-refractivity contribution < 1.29 is 13.2 Å². The van der Waals surface area contributed by atoms with E-state index in [1.807, 2.05) is 19.1 Å². The highest BCUT2D eigenvalue weighted by molar-refractivity contribution is 7.92. The third-order valence-corrected chi connectivity index (χ3v) is 8.32. The van der Waals surface area contributed by atoms with E-state index in [0.717, 1.165) is 25.4 Å². The van der Waals surface area contributed by atoms with Gasteiger partial charge in [-0.2, -0.15) is 0 Å². The highest BCUT2D eigenvalue weighted by Gasteiger charge is 2.17. The van der Waals surface area contributed by atoms with Crippen molar-refractivity contribution in [2.45, 2.75) is 11.8 Å². The normalized spacial score (nSPS) is 11.7. The van der Waals surface area contributed by atoms with Crippen LogP contribution in [0.1, 0.15) is 15.4 Å². The smallest absolute Gasteiger partial charge is 0.261 e. The van der Waals surface area contributed by atoms with Gasteiger partial charge in [0.05, 0.1) is 24.8 Å². The number of aromatic nitrogens is 2. The van der Waals surface area contributed by atoms with Gasteiger partial charge < -0.3 is 0 Å². The molecule has 0 atom stereocenters. The summed E-state index contributed by atoms with van der Waals surface area (Å²) in [6.45, 7) is 1.95. The first-order chi connectivity index (χ1) is 15.8. The molecule has 7 nitrogen and oxygen atoms in total. The number of halogens is 1. The Morgan fingerprint density at radius 1 is 1.00 bits per heavy atom. The summed E-state index contributed by atoms with van der Waals surface area (Å²) in [5, 5.41) is 4.65. The molecular formula is C22H15ClN4O3S3. The predicted molar refractivity (Wildman–Crippen MR) is 134 cm³/mol. The molecule has 0 radical (unpaired) electrons. The van der Waals surface area contributed by atoms with E-state index in [4.69, 9.17) is 11.6 Å². The average Bonchev–Trinajstić information content (AvgIpc) is 3.36. The van der Waals surface area contributed by atoms with E-state index in [9.17, 15) is 13.2 Å². The van der Waals surface area contributed by atoms with Gasteiger partial charge in [0, 0.05) is 16.3 Å². The fourth-order valence-electron chi connectivity index (χ4n) is 3.26. The highest BCUT2D eigenvalue weighted by atomic mass is 35.5. The number of thiazole rings is 2. The van der Waals surface area contributed by atoms with Gasteiger partial charge in [-0.1, -0.05) is 29.0 Å². The average molecular weight is 515 g/mol. The lowest BCUT2D eigenvalue weighted by Gasteiger charge is -2.09. The number of benzene rings is 3. The second-order valence-corrected chi connectivity index (χ2v) is 11.5. The SMILES string of the molecule is Cc1nc2c(ccc3nc(NC(=O)c4cccc(NS(=O)(=O)c5ccc(Cl)cc5)c4)sc32)s1. The molecule has 2 N–H and O–H groups in total. The monoisotopic (exact) mass is 514 g/mol. The number of nitrogens with one attached hydrogen (secondary N) is 2. The van der Waals surface area contributed by atoms with Crippen molar-refractivity contribution in [3.8, 4) is 0 Å². The molecule has 1 amide bonds. The summed E-state index contributed by atoms with van der Waals surface area (Å²) in [5.74, 6) is -0.396. The van der Waals surface area contributed by atoms with Crippen LogP contribution in [0.3, 0.4) is 0 Å². The molecular weight excluding hydrogens is 500 g/mol. The fraction of sp³-hybridized carbons (Fsp3) is 0.0455. The van der Waals surface area contributed by atoms with Crippen LogP contribution in [0.4, 0.5) is 10.8 Å². The standard InChI is InChI=1S/C22H15ClN4O3S3/c1-12-24-19-18(31-12)10-9-17-20(19)32-22(25-17)26-21(28)13-3-2-4-15(11-13)27-33(29,30)16-7-5-14(23)6-8-16/h2-11,27H,1H3,(H,25,26,28). The number of aryl methyl sites for hydroxylation is 1. The minimum absolute atomic E-state index is 0.0693. The van der Waals surface area contributed by atoms with Gasteiger partial charge in [0.15, 0.2) is 5.13 Å². The Kier molecular flexibility index (Phi) is 5.53. The molecule has 0 aliphatic rings. The van der Waals surface area contributed by atoms with E-state index in [0.29, 0.717) is 15.7 Å². The molecule has 0 spiro atoms. The summed E-state index contributed by atoms with van der Waals surface area (Å²) in [6, 6.07) is 16.0. The third-order valence-electron chi connectivity index (χ3n) is 4.74. The Labute approximate surface area is 202 Å². The Morgan fingerprint density at radius 3 is 2.58 bits per heavy atom. The van der Waals surface area contributed by atoms with Crippen molar-refractivity contribution in [1.82, 2.24) is 9.97 Å². The first kappa shape index (κ1) is 21.8. The van der Waals surface area contributed by atoms with Crippen LogP contribution in [-0.2, 0) is 10.0 Å². The van der Waals surface area contributed by atoms with E-state index in [1.165, 1.54) is 41.7 Å². The maximum Gasteiger partial charge on any atom is 0.261 e. The highest BCUT2D eigenvalue weighted by Crippen LogP contribution is 2.34. The van der Waals surface area contributed by atoms with Crippen molar-refractivity contribution in [2.75, 3.05) is 10.0 Å². The van der Waals surface area contributed by atoms with Gasteiger partial charge in [0.2, 0.25) is 0 Å². The summed E-state index contributed by atoms with van der Waals surface area (Å²) in [6.07, 6.45) is 0. The molecule has 0 aliphatic heterocycles. The zero-order valence-electron chi connectivity index (χ0n) is 17.0. The second kappa shape index (κ2) is 8.38. The van der Waals surface area contributed by atoms with E-state index in [-0.39, 0.29) is 10.6 Å². The Morgan fingerprint density at radius 2 is 1.79 bits per heavy atom. The van der Waals surface area contributed by atoms with Gasteiger partial charge in [-0.3, -0.25) is 14.8 Å². The van der Waals surface area contributed by atoms with Gasteiger partial charge in [-0.05, 0) is 61.5 Å². The quantitative estimate of drug-likeness (QED) is 0.303. The zero-order valence-corrected chi connectivity index (χ0v) is 20.2. The number of hydrogen-bond acceptors (Lipinski definition) is 7. The van der Waals surface area contributed by atoms with E-state index < -0.39 is 15.9 Å². The molecule has 3 aromatic carbocycles. The van der Waals surface area contributed by atoms with Crippen LogP contribution in [0.2, 0.25) is 5.02 Å². The molecule has 0 fully saturated rings. The first-order valence-corrected chi connectivity index (χ1v) is 13.1. The van der Waals surface area contributed by atoms with Crippen LogP contribution in [0, 0.1) is 6.92 Å². The fourth-order valence-corrected chi connectivity index (χ4v) is 6.29. The van der Waals surface area contributed by atoms with Crippen LogP contribution >= 0.6 is 34.3 Å². The Bertz CT molecular complexity index is 1630. The van der Waals surface area contributed by atoms with Crippen LogP contribution in [0.5, 0.6) is 0 Å². The number of sulfonamides is 1. The summed E-state index contributed by atoms with van der Waals surface area (Å²) in [7, 11) is -3.82. The van der Waals surface area contributed by atoms with Crippen LogP contribution in [0.25, 0.3) is 20.4 Å². The van der Waals surface area contributed by atoms with Crippen molar-refractivity contribution in [2.24, 2.45) is 0 Å². The van der Waals surface area contributed by atoms with Crippen LogP contribution in [-0.4, -0.2) is 24.3 Å². The van der Waals surface area contributed by atoms with E-state index >= 15 is 0 Å². The lowest BCUT2D eigenvalue weighted by Crippen LogP contribution is -2.15. The topological polar surface area (TPSA) is 101 Å². The van der Waals surface area contributed by atoms with E-state index in [1.54, 1.807) is 29.5 Å². The largest absolute Gasteiger partial charge is 0.298 e. The van der Waals surface area contributed by atoms with Gasteiger partial charge in [-0.25, -0.2) is 18.4 Å². The van der Waals surface area contributed by atoms with Gasteiger partial charge >= 0.3 is 0 Å². The molecule has 11 heteroatoms. The summed E-state index contributed by atoms with van der Waals surface area (Å²) in [5.41, 5.74) is 2.20. The number of rotatable bonds is 5. The Balaban J connectivity index is 1.38. The van der Waals surface area contributed by atoms with Crippen molar-refractivity contribution >= 4 is 81.5 Å². The van der Waals surface area contributed by atoms with Crippen molar-refractivity contribution in [3.63, 3.8) is 0 Å². The third kappa shape index (κ3) is 4.42. The number of carbonyl (C=O) groups is 1. The van der Waals surface area contributed by atoms with Crippen LogP contribution < -0.4 is 10.0 Å². The summed E-state index contributed by atoms with van der Waals surface area (Å²) < 4.78 is 29.7. The van der Waals surface area contributed by atoms with E-state index in [2.05, 4.69) is 20.0 Å². The predicted octanol–water partition coefficient (Wildman–Crippen LogP) is 5.92. The van der Waals surface area contributed by atoms with Crippen molar-refractivity contribution in [3.05, 3.63) is 76.3 Å². The number of hydrogen-bond donors (Lipinski definition) is 2. The van der Waals surface area contributed by atoms with Crippen LogP contribution in [0.15, 0.2) is 65.6 Å². The van der Waals surface area contributed by atoms with Crippen molar-refractivity contribution in [1.29, 1.82) is 0 Å². The zero-order chi connectivity index (χ0) is 23.2. The lowest BCUT2D eigenvalue weighted by molar-refractivity contribution is 0.102. The minimum Gasteiger partial charge on any atom is -0.298 e. The molecule has 33 heavy (non-hydrogen) atoms. The number of carbonyl (C=O) groups excluding carboxylic acids is 1. The number of fused-ring (bicyclic) bond motifs is 3. The molecule has 0 saturated carbocycles. The van der Waals surface area contributed by atoms with Gasteiger partial charge in [0.1, 0.15) is 5.52 Å². The van der Waals surface area contributed by atoms with Gasteiger partial charge in [-0.15, -0.1) is 11.3 Å². The molecule has 166 valence electrons. The molecule has 0 unspecified atom stereocenters. The maximum atomic E-state index is 12.8. The Hall–Kier alpha value is -3.05. The molecule has 0 saturated heterocycles. The first-order valence-electron chi connectivity index (χ1n) is 9.65. The molecule has 2 heterocycles. The minimum atomic E-state index is -3.82. The lowest BCUT2D eigenvalue weighted by atomic mass is 10.2. The number of amides is 1. The number of anilines is 2.